The predicted octanol–water partition coefficient (Wildman–Crippen LogP) is 1.29. The lowest BCUT2D eigenvalue weighted by Crippen LogP contribution is -2.62. The van der Waals surface area contributed by atoms with Gasteiger partial charge >= 0.3 is 6.18 Å². The topological polar surface area (TPSA) is 32.3 Å². The van der Waals surface area contributed by atoms with Crippen LogP contribution in [0.25, 0.3) is 0 Å². The molecule has 1 aliphatic carbocycles. The van der Waals surface area contributed by atoms with Gasteiger partial charge in [-0.2, -0.15) is 13.2 Å². The van der Waals surface area contributed by atoms with Crippen LogP contribution in [-0.2, 0) is 4.79 Å². The number of amides is 1. The van der Waals surface area contributed by atoms with Gasteiger partial charge in [0, 0.05) is 12.1 Å². The van der Waals surface area contributed by atoms with Gasteiger partial charge in [0.2, 0.25) is 5.91 Å². The minimum Gasteiger partial charge on any atom is -0.351 e. The van der Waals surface area contributed by atoms with E-state index < -0.39 is 12.7 Å². The van der Waals surface area contributed by atoms with Crippen molar-refractivity contribution in [3.8, 4) is 0 Å². The maximum Gasteiger partial charge on any atom is 0.401 e. The average Bonchev–Trinajstić information content (AvgIpc) is 2.14. The van der Waals surface area contributed by atoms with Gasteiger partial charge in [-0.25, -0.2) is 0 Å². The number of carbonyl (C=O) groups is 1. The predicted molar refractivity (Wildman–Crippen MR) is 51.8 cm³/mol. The van der Waals surface area contributed by atoms with Crippen molar-refractivity contribution in [1.29, 1.82) is 0 Å². The summed E-state index contributed by atoms with van der Waals surface area (Å²) in [4.78, 5) is 12.6. The van der Waals surface area contributed by atoms with Gasteiger partial charge in [-0.15, -0.1) is 0 Å². The Morgan fingerprint density at radius 3 is 2.69 bits per heavy atom. The van der Waals surface area contributed by atoms with E-state index in [-0.39, 0.29) is 24.5 Å². The fraction of sp³-hybridized carbons (Fsp3) is 0.900. The number of alkyl halides is 3. The lowest BCUT2D eigenvalue weighted by atomic mass is 9.87. The van der Waals surface area contributed by atoms with E-state index in [1.54, 1.807) is 0 Å². The summed E-state index contributed by atoms with van der Waals surface area (Å²) in [5, 5.41) is 2.79. The average molecular weight is 236 g/mol. The zero-order chi connectivity index (χ0) is 11.8. The van der Waals surface area contributed by atoms with E-state index in [2.05, 4.69) is 5.32 Å². The highest BCUT2D eigenvalue weighted by Gasteiger charge is 2.41. The number of hydrogen-bond donors (Lipinski definition) is 1. The molecule has 6 heteroatoms. The Morgan fingerprint density at radius 2 is 2.00 bits per heavy atom. The van der Waals surface area contributed by atoms with Crippen LogP contribution in [0, 0.1) is 0 Å². The van der Waals surface area contributed by atoms with Crippen molar-refractivity contribution in [2.45, 2.75) is 43.9 Å². The molecule has 2 aliphatic rings. The van der Waals surface area contributed by atoms with Crippen LogP contribution >= 0.6 is 0 Å². The summed E-state index contributed by atoms with van der Waals surface area (Å²) in [5.41, 5.74) is 0. The van der Waals surface area contributed by atoms with Crippen LogP contribution in [0.5, 0.6) is 0 Å². The largest absolute Gasteiger partial charge is 0.401 e. The molecule has 1 heterocycles. The highest BCUT2D eigenvalue weighted by Crippen LogP contribution is 2.28. The molecule has 3 nitrogen and oxygen atoms in total. The summed E-state index contributed by atoms with van der Waals surface area (Å²) >= 11 is 0. The number of fused-ring (bicyclic) bond motifs is 1. The molecule has 0 bridgehead atoms. The highest BCUT2D eigenvalue weighted by atomic mass is 19.4. The Balaban J connectivity index is 2.06. The molecular weight excluding hydrogens is 221 g/mol. The molecule has 0 unspecified atom stereocenters. The first-order chi connectivity index (χ1) is 7.46. The molecule has 0 aromatic carbocycles. The first kappa shape index (κ1) is 11.7. The molecule has 92 valence electrons. The van der Waals surface area contributed by atoms with Gasteiger partial charge in [0.05, 0.1) is 13.1 Å². The number of hydrogen-bond acceptors (Lipinski definition) is 2. The molecule has 2 rings (SSSR count). The first-order valence-corrected chi connectivity index (χ1v) is 5.56. The van der Waals surface area contributed by atoms with Crippen molar-refractivity contribution in [1.82, 2.24) is 10.2 Å². The van der Waals surface area contributed by atoms with Crippen LogP contribution in [0.1, 0.15) is 25.7 Å². The Hall–Kier alpha value is -0.780. The Labute approximate surface area is 92.0 Å². The number of carbonyl (C=O) groups excluding carboxylic acids is 1. The van der Waals surface area contributed by atoms with E-state index in [1.165, 1.54) is 4.90 Å². The molecule has 1 saturated heterocycles. The normalized spacial score (nSPS) is 32.1. The van der Waals surface area contributed by atoms with Crippen molar-refractivity contribution in [3.05, 3.63) is 0 Å². The summed E-state index contributed by atoms with van der Waals surface area (Å²) in [6.07, 6.45) is -0.738. The van der Waals surface area contributed by atoms with E-state index >= 15 is 0 Å². The molecule has 1 aliphatic heterocycles. The quantitative estimate of drug-likeness (QED) is 0.744. The van der Waals surface area contributed by atoms with E-state index in [4.69, 9.17) is 0 Å². The molecular formula is C10H15F3N2O. The monoisotopic (exact) mass is 236 g/mol. The van der Waals surface area contributed by atoms with Crippen LogP contribution < -0.4 is 5.32 Å². The number of piperazine rings is 1. The standard InChI is InChI=1S/C10H15F3N2O/c11-10(12,13)6-15-5-9(16)14-7-3-1-2-4-8(7)15/h7-8H,1-6H2,(H,14,16)/t7-,8+/m0/s1. The zero-order valence-corrected chi connectivity index (χ0v) is 8.89. The second-order valence-corrected chi connectivity index (χ2v) is 4.55. The van der Waals surface area contributed by atoms with Crippen LogP contribution in [-0.4, -0.2) is 42.2 Å². The first-order valence-electron chi connectivity index (χ1n) is 5.56. The van der Waals surface area contributed by atoms with E-state index in [9.17, 15) is 18.0 Å². The summed E-state index contributed by atoms with van der Waals surface area (Å²) in [7, 11) is 0. The van der Waals surface area contributed by atoms with Gasteiger partial charge < -0.3 is 5.32 Å². The number of nitrogens with one attached hydrogen (secondary N) is 1. The third kappa shape index (κ3) is 2.66. The van der Waals surface area contributed by atoms with Gasteiger partial charge in [-0.05, 0) is 12.8 Å². The molecule has 0 aromatic heterocycles. The molecule has 0 spiro atoms. The summed E-state index contributed by atoms with van der Waals surface area (Å²) in [6.45, 7) is -1.09. The Morgan fingerprint density at radius 1 is 1.31 bits per heavy atom. The lowest BCUT2D eigenvalue weighted by molar-refractivity contribution is -0.161. The third-order valence-corrected chi connectivity index (χ3v) is 3.27. The van der Waals surface area contributed by atoms with Crippen molar-refractivity contribution in [2.24, 2.45) is 0 Å². The maximum atomic E-state index is 12.4. The van der Waals surface area contributed by atoms with Crippen molar-refractivity contribution in [3.63, 3.8) is 0 Å². The van der Waals surface area contributed by atoms with Gasteiger partial charge in [-0.1, -0.05) is 12.8 Å². The highest BCUT2D eigenvalue weighted by molar-refractivity contribution is 5.79. The summed E-state index contributed by atoms with van der Waals surface area (Å²) < 4.78 is 37.1. The molecule has 2 atom stereocenters. The number of halogens is 3. The third-order valence-electron chi connectivity index (χ3n) is 3.27. The second kappa shape index (κ2) is 4.24. The van der Waals surface area contributed by atoms with Gasteiger partial charge in [0.1, 0.15) is 0 Å². The van der Waals surface area contributed by atoms with Crippen LogP contribution in [0.2, 0.25) is 0 Å². The fourth-order valence-corrected chi connectivity index (χ4v) is 2.67. The summed E-state index contributed by atoms with van der Waals surface area (Å²) in [6, 6.07) is -0.217. The fourth-order valence-electron chi connectivity index (χ4n) is 2.67. The van der Waals surface area contributed by atoms with Crippen molar-refractivity contribution >= 4 is 5.91 Å². The van der Waals surface area contributed by atoms with Crippen molar-refractivity contribution < 1.29 is 18.0 Å². The molecule has 2 fully saturated rings. The second-order valence-electron chi connectivity index (χ2n) is 4.55. The Bertz CT molecular complexity index is 280. The maximum absolute atomic E-state index is 12.4. The summed E-state index contributed by atoms with van der Waals surface area (Å²) in [5.74, 6) is -0.285. The van der Waals surface area contributed by atoms with E-state index in [0.29, 0.717) is 0 Å². The molecule has 1 saturated carbocycles. The van der Waals surface area contributed by atoms with Crippen LogP contribution in [0.15, 0.2) is 0 Å². The van der Waals surface area contributed by atoms with Gasteiger partial charge in [0.15, 0.2) is 0 Å². The SMILES string of the molecule is O=C1CN(CC(F)(F)F)[C@@H]2CCCC[C@@H]2N1. The molecule has 0 radical (unpaired) electrons. The molecule has 1 N–H and O–H groups in total. The van der Waals surface area contributed by atoms with Crippen LogP contribution in [0.3, 0.4) is 0 Å². The zero-order valence-electron chi connectivity index (χ0n) is 8.89. The molecule has 0 aromatic rings. The van der Waals surface area contributed by atoms with E-state index in [0.717, 1.165) is 25.7 Å². The number of rotatable bonds is 1. The Kier molecular flexibility index (Phi) is 3.10. The minimum absolute atomic E-state index is 0.0858. The molecule has 16 heavy (non-hydrogen) atoms. The van der Waals surface area contributed by atoms with Crippen LogP contribution in [0.4, 0.5) is 13.2 Å². The van der Waals surface area contributed by atoms with Gasteiger partial charge in [0.25, 0.3) is 0 Å². The smallest absolute Gasteiger partial charge is 0.351 e. The van der Waals surface area contributed by atoms with Crippen molar-refractivity contribution in [2.75, 3.05) is 13.1 Å². The molecule has 1 amide bonds. The van der Waals surface area contributed by atoms with Gasteiger partial charge in [-0.3, -0.25) is 9.69 Å². The minimum atomic E-state index is -4.22. The lowest BCUT2D eigenvalue weighted by Gasteiger charge is -2.44. The number of nitrogens with zero attached hydrogens (tertiary/aromatic N) is 1. The van der Waals surface area contributed by atoms with E-state index in [1.807, 2.05) is 0 Å².